The van der Waals surface area contributed by atoms with Crippen LogP contribution >= 0.6 is 0 Å². The Kier molecular flexibility index (Phi) is 4.48. The summed E-state index contributed by atoms with van der Waals surface area (Å²) < 4.78 is 5.56. The van der Waals surface area contributed by atoms with E-state index in [0.717, 1.165) is 11.3 Å². The van der Waals surface area contributed by atoms with Crippen LogP contribution in [0.15, 0.2) is 42.5 Å². The molecule has 2 rings (SSSR count). The van der Waals surface area contributed by atoms with Gasteiger partial charge in [0, 0.05) is 11.4 Å². The van der Waals surface area contributed by atoms with Crippen molar-refractivity contribution in [3.8, 4) is 5.75 Å². The van der Waals surface area contributed by atoms with Gasteiger partial charge in [0.25, 0.3) is 5.91 Å². The van der Waals surface area contributed by atoms with Crippen LogP contribution in [0.25, 0.3) is 0 Å². The minimum Gasteiger partial charge on any atom is -0.491 e. The van der Waals surface area contributed by atoms with Crippen molar-refractivity contribution in [1.82, 2.24) is 0 Å². The van der Waals surface area contributed by atoms with Crippen LogP contribution in [0.5, 0.6) is 5.75 Å². The van der Waals surface area contributed by atoms with Crippen LogP contribution in [0, 0.1) is 6.92 Å². The summed E-state index contributed by atoms with van der Waals surface area (Å²) in [5.41, 5.74) is 8.50. The Hall–Kier alpha value is -2.49. The van der Waals surface area contributed by atoms with E-state index < -0.39 is 0 Å². The molecule has 0 aromatic heterocycles. The molecule has 0 fully saturated rings. The monoisotopic (exact) mass is 284 g/mol. The van der Waals surface area contributed by atoms with Crippen LogP contribution < -0.4 is 15.8 Å². The fourth-order valence-corrected chi connectivity index (χ4v) is 1.95. The molecule has 0 saturated heterocycles. The number of carbonyl (C=O) groups excluding carboxylic acids is 1. The fourth-order valence-electron chi connectivity index (χ4n) is 1.95. The molecular formula is C17H20N2O2. The van der Waals surface area contributed by atoms with Crippen molar-refractivity contribution in [2.24, 2.45) is 0 Å². The summed E-state index contributed by atoms with van der Waals surface area (Å²) in [6.45, 7) is 5.86. The predicted octanol–water partition coefficient (Wildman–Crippen LogP) is 3.62. The largest absolute Gasteiger partial charge is 0.491 e. The maximum atomic E-state index is 12.2. The van der Waals surface area contributed by atoms with Crippen molar-refractivity contribution in [2.45, 2.75) is 26.9 Å². The highest BCUT2D eigenvalue weighted by Crippen LogP contribution is 2.19. The van der Waals surface area contributed by atoms with Gasteiger partial charge in [-0.1, -0.05) is 11.6 Å². The van der Waals surface area contributed by atoms with Crippen LogP contribution in [0.3, 0.4) is 0 Å². The second-order valence-electron chi connectivity index (χ2n) is 5.24. The van der Waals surface area contributed by atoms with Gasteiger partial charge in [-0.2, -0.15) is 0 Å². The number of nitrogens with two attached hydrogens (primary N) is 1. The Balaban J connectivity index is 2.10. The lowest BCUT2D eigenvalue weighted by Gasteiger charge is -2.11. The lowest BCUT2D eigenvalue weighted by molar-refractivity contribution is 0.102. The number of nitrogens with one attached hydrogen (secondary N) is 1. The molecule has 1 amide bonds. The molecule has 0 radical (unpaired) electrons. The van der Waals surface area contributed by atoms with E-state index in [-0.39, 0.29) is 12.0 Å². The molecule has 2 aromatic carbocycles. The summed E-state index contributed by atoms with van der Waals surface area (Å²) >= 11 is 0. The van der Waals surface area contributed by atoms with E-state index in [4.69, 9.17) is 10.5 Å². The molecule has 0 saturated carbocycles. The van der Waals surface area contributed by atoms with E-state index in [2.05, 4.69) is 5.32 Å². The Morgan fingerprint density at radius 3 is 2.43 bits per heavy atom. The van der Waals surface area contributed by atoms with E-state index in [9.17, 15) is 4.79 Å². The smallest absolute Gasteiger partial charge is 0.257 e. The summed E-state index contributed by atoms with van der Waals surface area (Å²) in [7, 11) is 0. The first-order valence-electron chi connectivity index (χ1n) is 6.90. The number of amides is 1. The van der Waals surface area contributed by atoms with Gasteiger partial charge < -0.3 is 15.8 Å². The third-order valence-corrected chi connectivity index (χ3v) is 2.94. The molecule has 0 aliphatic heterocycles. The Morgan fingerprint density at radius 1 is 1.14 bits per heavy atom. The number of rotatable bonds is 4. The summed E-state index contributed by atoms with van der Waals surface area (Å²) in [4.78, 5) is 12.2. The molecule has 3 N–H and O–H groups in total. The SMILES string of the molecule is Cc1ccc(N)c(C(=O)Nc2ccc(OC(C)C)cc2)c1. The van der Waals surface area contributed by atoms with Gasteiger partial charge in [-0.25, -0.2) is 0 Å². The maximum absolute atomic E-state index is 12.2. The van der Waals surface area contributed by atoms with E-state index in [1.54, 1.807) is 12.1 Å². The van der Waals surface area contributed by atoms with E-state index in [1.807, 2.05) is 51.1 Å². The molecule has 4 heteroatoms. The third kappa shape index (κ3) is 3.99. The highest BCUT2D eigenvalue weighted by Gasteiger charge is 2.10. The summed E-state index contributed by atoms with van der Waals surface area (Å²) in [5.74, 6) is 0.562. The first-order chi connectivity index (χ1) is 9.95. The van der Waals surface area contributed by atoms with E-state index in [0.29, 0.717) is 16.9 Å². The summed E-state index contributed by atoms with van der Waals surface area (Å²) in [5, 5.41) is 2.83. The molecule has 21 heavy (non-hydrogen) atoms. The normalized spacial score (nSPS) is 10.5. The zero-order valence-corrected chi connectivity index (χ0v) is 12.5. The van der Waals surface area contributed by atoms with E-state index >= 15 is 0 Å². The molecule has 0 spiro atoms. The second kappa shape index (κ2) is 6.31. The lowest BCUT2D eigenvalue weighted by atomic mass is 10.1. The van der Waals surface area contributed by atoms with Crippen molar-refractivity contribution in [3.63, 3.8) is 0 Å². The minimum atomic E-state index is -0.214. The van der Waals surface area contributed by atoms with Crippen molar-refractivity contribution in [2.75, 3.05) is 11.1 Å². The fraction of sp³-hybridized carbons (Fsp3) is 0.235. The van der Waals surface area contributed by atoms with Gasteiger partial charge in [0.1, 0.15) is 5.75 Å². The van der Waals surface area contributed by atoms with Gasteiger partial charge in [-0.15, -0.1) is 0 Å². The topological polar surface area (TPSA) is 64.4 Å². The van der Waals surface area contributed by atoms with Crippen LogP contribution in [0.2, 0.25) is 0 Å². The molecule has 0 aliphatic rings. The molecule has 0 bridgehead atoms. The van der Waals surface area contributed by atoms with Gasteiger partial charge in [0.05, 0.1) is 11.7 Å². The van der Waals surface area contributed by atoms with Crippen LogP contribution in [0.4, 0.5) is 11.4 Å². The zero-order chi connectivity index (χ0) is 15.4. The second-order valence-corrected chi connectivity index (χ2v) is 5.24. The average molecular weight is 284 g/mol. The van der Waals surface area contributed by atoms with E-state index in [1.165, 1.54) is 0 Å². The minimum absolute atomic E-state index is 0.123. The maximum Gasteiger partial charge on any atom is 0.257 e. The quantitative estimate of drug-likeness (QED) is 0.843. The van der Waals surface area contributed by atoms with Crippen molar-refractivity contribution in [3.05, 3.63) is 53.6 Å². The molecule has 2 aromatic rings. The van der Waals surface area contributed by atoms with Crippen LogP contribution in [0.1, 0.15) is 29.8 Å². The summed E-state index contributed by atoms with van der Waals surface area (Å²) in [6.07, 6.45) is 0.123. The Labute approximate surface area is 124 Å². The average Bonchev–Trinajstić information content (AvgIpc) is 2.43. The molecule has 0 atom stereocenters. The molecule has 0 aliphatic carbocycles. The number of aryl methyl sites for hydroxylation is 1. The standard InChI is InChI=1S/C17H20N2O2/c1-11(2)21-14-7-5-13(6-8-14)19-17(20)15-10-12(3)4-9-16(15)18/h4-11H,18H2,1-3H3,(H,19,20). The predicted molar refractivity (Wildman–Crippen MR) is 85.8 cm³/mol. The van der Waals surface area contributed by atoms with Crippen molar-refractivity contribution in [1.29, 1.82) is 0 Å². The van der Waals surface area contributed by atoms with Gasteiger partial charge in [-0.3, -0.25) is 4.79 Å². The van der Waals surface area contributed by atoms with Gasteiger partial charge in [0.15, 0.2) is 0 Å². The number of nitrogen functional groups attached to an aromatic ring is 1. The van der Waals surface area contributed by atoms with Crippen LogP contribution in [-0.4, -0.2) is 12.0 Å². The first kappa shape index (κ1) is 14.9. The highest BCUT2D eigenvalue weighted by molar-refractivity contribution is 6.07. The molecule has 4 nitrogen and oxygen atoms in total. The van der Waals surface area contributed by atoms with Crippen molar-refractivity contribution >= 4 is 17.3 Å². The molecule has 110 valence electrons. The number of ether oxygens (including phenoxy) is 1. The Morgan fingerprint density at radius 2 is 1.81 bits per heavy atom. The number of anilines is 2. The number of benzene rings is 2. The lowest BCUT2D eigenvalue weighted by Crippen LogP contribution is -2.14. The molecule has 0 unspecified atom stereocenters. The number of hydrogen-bond donors (Lipinski definition) is 2. The van der Waals surface area contributed by atoms with Gasteiger partial charge in [0.2, 0.25) is 0 Å². The molecular weight excluding hydrogens is 264 g/mol. The van der Waals surface area contributed by atoms with Gasteiger partial charge >= 0.3 is 0 Å². The third-order valence-electron chi connectivity index (χ3n) is 2.94. The van der Waals surface area contributed by atoms with Gasteiger partial charge in [-0.05, 0) is 57.2 Å². The number of hydrogen-bond acceptors (Lipinski definition) is 3. The Bertz CT molecular complexity index is 634. The van der Waals surface area contributed by atoms with Crippen molar-refractivity contribution < 1.29 is 9.53 Å². The molecule has 0 heterocycles. The van der Waals surface area contributed by atoms with Crippen LogP contribution in [-0.2, 0) is 0 Å². The summed E-state index contributed by atoms with van der Waals surface area (Å²) in [6, 6.07) is 12.7. The number of carbonyl (C=O) groups is 1. The first-order valence-corrected chi connectivity index (χ1v) is 6.90. The zero-order valence-electron chi connectivity index (χ0n) is 12.5. The highest BCUT2D eigenvalue weighted by atomic mass is 16.5.